The molecule has 0 fully saturated rings. The number of fused-ring (bicyclic) bond motifs is 1. The van der Waals surface area contributed by atoms with Crippen LogP contribution in [0, 0.1) is 15.9 Å². The number of nitro groups is 1. The standard InChI is InChI=1S/C22H17FN2O2/c23-17-10-6-9-16(13-17)19(14-25(26)27)21-18-11-4-5-12-20(18)24-22(21)15-7-2-1-3-8-15/h1-13,19,24H,14H2. The van der Waals surface area contributed by atoms with Gasteiger partial charge >= 0.3 is 0 Å². The zero-order valence-electron chi connectivity index (χ0n) is 14.4. The lowest BCUT2D eigenvalue weighted by Gasteiger charge is -2.16. The second-order valence-corrected chi connectivity index (χ2v) is 6.45. The van der Waals surface area contributed by atoms with Gasteiger partial charge in [0.1, 0.15) is 5.82 Å². The first-order chi connectivity index (χ1) is 13.1. The molecule has 1 unspecified atom stereocenters. The highest BCUT2D eigenvalue weighted by molar-refractivity contribution is 5.92. The predicted octanol–water partition coefficient (Wildman–Crippen LogP) is 5.38. The van der Waals surface area contributed by atoms with Gasteiger partial charge in [-0.05, 0) is 34.9 Å². The van der Waals surface area contributed by atoms with Crippen LogP contribution >= 0.6 is 0 Å². The molecule has 5 heteroatoms. The summed E-state index contributed by atoms with van der Waals surface area (Å²) in [6.45, 7) is -0.314. The summed E-state index contributed by atoms with van der Waals surface area (Å²) in [5, 5.41) is 12.4. The monoisotopic (exact) mass is 360 g/mol. The van der Waals surface area contributed by atoms with Gasteiger partial charge in [-0.2, -0.15) is 0 Å². The fraction of sp³-hybridized carbons (Fsp3) is 0.0909. The summed E-state index contributed by atoms with van der Waals surface area (Å²) in [4.78, 5) is 14.5. The number of aromatic nitrogens is 1. The molecule has 4 aromatic rings. The van der Waals surface area contributed by atoms with Crippen molar-refractivity contribution in [1.82, 2.24) is 4.98 Å². The second kappa shape index (κ2) is 7.03. The molecule has 1 aromatic heterocycles. The molecule has 0 saturated carbocycles. The third kappa shape index (κ3) is 3.31. The van der Waals surface area contributed by atoms with Crippen molar-refractivity contribution in [2.45, 2.75) is 5.92 Å². The first-order valence-corrected chi connectivity index (χ1v) is 8.67. The molecule has 1 heterocycles. The van der Waals surface area contributed by atoms with Crippen LogP contribution in [0.4, 0.5) is 4.39 Å². The Kier molecular flexibility index (Phi) is 4.42. The summed E-state index contributed by atoms with van der Waals surface area (Å²) < 4.78 is 13.9. The molecule has 134 valence electrons. The molecule has 27 heavy (non-hydrogen) atoms. The third-order valence-electron chi connectivity index (χ3n) is 4.74. The normalized spacial score (nSPS) is 12.2. The number of hydrogen-bond acceptors (Lipinski definition) is 2. The molecule has 1 atom stereocenters. The number of H-pyrrole nitrogens is 1. The van der Waals surface area contributed by atoms with Gasteiger partial charge in [-0.1, -0.05) is 60.7 Å². The number of nitrogens with zero attached hydrogens (tertiary/aromatic N) is 1. The molecule has 0 aliphatic rings. The summed E-state index contributed by atoms with van der Waals surface area (Å²) in [6.07, 6.45) is 0. The fourth-order valence-corrected chi connectivity index (χ4v) is 3.59. The van der Waals surface area contributed by atoms with E-state index in [2.05, 4.69) is 4.98 Å². The topological polar surface area (TPSA) is 58.9 Å². The molecule has 0 spiro atoms. The summed E-state index contributed by atoms with van der Waals surface area (Å²) in [6, 6.07) is 23.5. The SMILES string of the molecule is O=[N+]([O-])CC(c1cccc(F)c1)c1c(-c2ccccc2)[nH]c2ccccc12. The maximum atomic E-state index is 13.9. The van der Waals surface area contributed by atoms with Gasteiger partial charge in [0, 0.05) is 15.8 Å². The predicted molar refractivity (Wildman–Crippen MR) is 104 cm³/mol. The molecule has 0 aliphatic heterocycles. The van der Waals surface area contributed by atoms with Crippen LogP contribution in [0.5, 0.6) is 0 Å². The van der Waals surface area contributed by atoms with Gasteiger partial charge in [-0.3, -0.25) is 10.1 Å². The Morgan fingerprint density at radius 1 is 0.963 bits per heavy atom. The van der Waals surface area contributed by atoms with Gasteiger partial charge in [-0.15, -0.1) is 0 Å². The molecule has 3 aromatic carbocycles. The van der Waals surface area contributed by atoms with Crippen LogP contribution < -0.4 is 0 Å². The highest BCUT2D eigenvalue weighted by Crippen LogP contribution is 2.39. The van der Waals surface area contributed by atoms with Crippen molar-refractivity contribution in [1.29, 1.82) is 0 Å². The van der Waals surface area contributed by atoms with Gasteiger partial charge < -0.3 is 4.98 Å². The van der Waals surface area contributed by atoms with E-state index in [9.17, 15) is 14.5 Å². The molecule has 0 amide bonds. The first kappa shape index (κ1) is 17.0. The summed E-state index contributed by atoms with van der Waals surface area (Å²) >= 11 is 0. The summed E-state index contributed by atoms with van der Waals surface area (Å²) in [5.41, 5.74) is 4.07. The minimum Gasteiger partial charge on any atom is -0.354 e. The minimum atomic E-state index is -0.568. The van der Waals surface area contributed by atoms with Crippen molar-refractivity contribution in [2.24, 2.45) is 0 Å². The maximum absolute atomic E-state index is 13.9. The van der Waals surface area contributed by atoms with Crippen molar-refractivity contribution < 1.29 is 9.31 Å². The number of hydrogen-bond donors (Lipinski definition) is 1. The Balaban J connectivity index is 2.00. The zero-order valence-corrected chi connectivity index (χ0v) is 14.4. The van der Waals surface area contributed by atoms with E-state index in [1.807, 2.05) is 54.6 Å². The smallest absolute Gasteiger partial charge is 0.214 e. The molecule has 0 aliphatic carbocycles. The zero-order chi connectivity index (χ0) is 18.8. The number of para-hydroxylation sites is 1. The molecular formula is C22H17FN2O2. The summed E-state index contributed by atoms with van der Waals surface area (Å²) in [5.74, 6) is -0.969. The van der Waals surface area contributed by atoms with Crippen LogP contribution in [0.2, 0.25) is 0 Å². The number of rotatable bonds is 5. The Hall–Kier alpha value is -3.47. The highest BCUT2D eigenvalue weighted by atomic mass is 19.1. The van der Waals surface area contributed by atoms with Crippen molar-refractivity contribution in [2.75, 3.05) is 6.54 Å². The molecule has 4 nitrogen and oxygen atoms in total. The highest BCUT2D eigenvalue weighted by Gasteiger charge is 2.27. The summed E-state index contributed by atoms with van der Waals surface area (Å²) in [7, 11) is 0. The third-order valence-corrected chi connectivity index (χ3v) is 4.74. The fourth-order valence-electron chi connectivity index (χ4n) is 3.59. The average molecular weight is 360 g/mol. The van der Waals surface area contributed by atoms with E-state index in [4.69, 9.17) is 0 Å². The van der Waals surface area contributed by atoms with E-state index < -0.39 is 11.7 Å². The Labute approximate surface area is 155 Å². The van der Waals surface area contributed by atoms with Crippen LogP contribution in [0.1, 0.15) is 17.0 Å². The maximum Gasteiger partial charge on any atom is 0.214 e. The van der Waals surface area contributed by atoms with Crippen LogP contribution in [0.25, 0.3) is 22.2 Å². The van der Waals surface area contributed by atoms with Crippen molar-refractivity contribution in [3.05, 3.63) is 106 Å². The lowest BCUT2D eigenvalue weighted by atomic mass is 9.87. The Bertz CT molecular complexity index is 1110. The average Bonchev–Trinajstić information content (AvgIpc) is 3.06. The van der Waals surface area contributed by atoms with E-state index in [1.54, 1.807) is 12.1 Å². The van der Waals surface area contributed by atoms with Gasteiger partial charge in [-0.25, -0.2) is 4.39 Å². The van der Waals surface area contributed by atoms with Crippen LogP contribution in [0.15, 0.2) is 78.9 Å². The Morgan fingerprint density at radius 2 is 1.70 bits per heavy atom. The lowest BCUT2D eigenvalue weighted by Crippen LogP contribution is -2.14. The largest absolute Gasteiger partial charge is 0.354 e. The van der Waals surface area contributed by atoms with E-state index in [-0.39, 0.29) is 11.5 Å². The van der Waals surface area contributed by atoms with Gasteiger partial charge in [0.2, 0.25) is 6.54 Å². The van der Waals surface area contributed by atoms with Gasteiger partial charge in [0.15, 0.2) is 0 Å². The molecule has 4 rings (SSSR count). The van der Waals surface area contributed by atoms with E-state index in [0.29, 0.717) is 5.56 Å². The van der Waals surface area contributed by atoms with E-state index in [0.717, 1.165) is 27.7 Å². The van der Waals surface area contributed by atoms with Gasteiger partial charge in [0.05, 0.1) is 11.6 Å². The molecule has 1 N–H and O–H groups in total. The number of benzene rings is 3. The van der Waals surface area contributed by atoms with Crippen molar-refractivity contribution >= 4 is 10.9 Å². The van der Waals surface area contributed by atoms with Crippen molar-refractivity contribution in [3.8, 4) is 11.3 Å². The van der Waals surface area contributed by atoms with E-state index >= 15 is 0 Å². The molecular weight excluding hydrogens is 343 g/mol. The number of halogens is 1. The minimum absolute atomic E-state index is 0.314. The van der Waals surface area contributed by atoms with Crippen LogP contribution in [-0.2, 0) is 0 Å². The molecule has 0 bridgehead atoms. The lowest BCUT2D eigenvalue weighted by molar-refractivity contribution is -0.481. The molecule has 0 radical (unpaired) electrons. The second-order valence-electron chi connectivity index (χ2n) is 6.45. The van der Waals surface area contributed by atoms with Crippen LogP contribution in [0.3, 0.4) is 0 Å². The first-order valence-electron chi connectivity index (χ1n) is 8.67. The van der Waals surface area contributed by atoms with Gasteiger partial charge in [0.25, 0.3) is 0 Å². The molecule has 0 saturated heterocycles. The van der Waals surface area contributed by atoms with Crippen LogP contribution in [-0.4, -0.2) is 16.5 Å². The quantitative estimate of drug-likeness (QED) is 0.383. The van der Waals surface area contributed by atoms with E-state index in [1.165, 1.54) is 12.1 Å². The number of nitrogens with one attached hydrogen (secondary N) is 1. The Morgan fingerprint density at radius 3 is 2.44 bits per heavy atom. The van der Waals surface area contributed by atoms with Crippen molar-refractivity contribution in [3.63, 3.8) is 0 Å². The number of aromatic amines is 1.